The average Bonchev–Trinajstić information content (AvgIpc) is 3.31. The monoisotopic (exact) mass is 389 g/mol. The second kappa shape index (κ2) is 7.52. The molecule has 8 nitrogen and oxygen atoms in total. The number of nitro groups is 1. The van der Waals surface area contributed by atoms with E-state index in [0.717, 1.165) is 45.7 Å². The molecule has 1 saturated heterocycles. The maximum Gasteiger partial charge on any atom is 0.278 e. The molecule has 4 rings (SSSR count). The van der Waals surface area contributed by atoms with E-state index in [1.807, 2.05) is 0 Å². The van der Waals surface area contributed by atoms with Crippen molar-refractivity contribution < 1.29 is 9.66 Å². The van der Waals surface area contributed by atoms with Crippen LogP contribution in [0.4, 0.5) is 10.8 Å². The third-order valence-electron chi connectivity index (χ3n) is 4.06. The number of nitrogens with zero attached hydrogens (tertiary/aromatic N) is 4. The van der Waals surface area contributed by atoms with Crippen molar-refractivity contribution in [2.75, 3.05) is 18.5 Å². The number of nitro benzene ring substituents is 1. The summed E-state index contributed by atoms with van der Waals surface area (Å²) in [6, 6.07) is 5.03. The predicted molar refractivity (Wildman–Crippen MR) is 99.9 cm³/mol. The van der Waals surface area contributed by atoms with E-state index < -0.39 is 4.92 Å². The van der Waals surface area contributed by atoms with Crippen molar-refractivity contribution in [3.63, 3.8) is 0 Å². The third kappa shape index (κ3) is 3.62. The molecule has 0 aliphatic carbocycles. The molecule has 1 aliphatic rings. The summed E-state index contributed by atoms with van der Waals surface area (Å²) >= 11 is 2.89. The molecule has 2 aromatic heterocycles. The fraction of sp³-hybridized carbons (Fsp3) is 0.312. The van der Waals surface area contributed by atoms with Crippen LogP contribution in [0.25, 0.3) is 10.8 Å². The standard InChI is InChI=1S/C16H15N5O3S2/c22-21(23)13-3-4-14(11-5-6-17-9-12(11)13)25-16-20-19-15(26-16)18-8-10-2-1-7-24-10/h3-6,9-10H,1-2,7-8H2,(H,18,19). The van der Waals surface area contributed by atoms with Crippen LogP contribution in [0.3, 0.4) is 0 Å². The lowest BCUT2D eigenvalue weighted by Crippen LogP contribution is -2.18. The second-order valence-electron chi connectivity index (χ2n) is 5.75. The van der Waals surface area contributed by atoms with Crippen molar-refractivity contribution in [2.45, 2.75) is 28.2 Å². The van der Waals surface area contributed by atoms with Crippen LogP contribution in [0, 0.1) is 10.1 Å². The Hall–Kier alpha value is -2.30. The van der Waals surface area contributed by atoms with Crippen LogP contribution < -0.4 is 5.32 Å². The lowest BCUT2D eigenvalue weighted by molar-refractivity contribution is -0.383. The van der Waals surface area contributed by atoms with Gasteiger partial charge in [-0.05, 0) is 25.0 Å². The Morgan fingerprint density at radius 3 is 3.08 bits per heavy atom. The highest BCUT2D eigenvalue weighted by atomic mass is 32.2. The molecule has 0 saturated carbocycles. The molecule has 0 bridgehead atoms. The molecule has 3 aromatic rings. The molecule has 1 aromatic carbocycles. The van der Waals surface area contributed by atoms with Crippen LogP contribution in [0.2, 0.25) is 0 Å². The van der Waals surface area contributed by atoms with E-state index in [1.165, 1.54) is 35.4 Å². The van der Waals surface area contributed by atoms with Crippen molar-refractivity contribution in [3.05, 3.63) is 40.7 Å². The zero-order valence-electron chi connectivity index (χ0n) is 13.6. The molecule has 10 heteroatoms. The minimum Gasteiger partial charge on any atom is -0.376 e. The van der Waals surface area contributed by atoms with Gasteiger partial charge in [-0.25, -0.2) is 0 Å². The van der Waals surface area contributed by atoms with Crippen molar-refractivity contribution in [1.82, 2.24) is 15.2 Å². The van der Waals surface area contributed by atoms with Gasteiger partial charge < -0.3 is 10.1 Å². The minimum absolute atomic E-state index is 0.0497. The Morgan fingerprint density at radius 1 is 1.35 bits per heavy atom. The van der Waals surface area contributed by atoms with Crippen LogP contribution in [0.5, 0.6) is 0 Å². The molecule has 1 atom stereocenters. The van der Waals surface area contributed by atoms with Gasteiger partial charge in [-0.3, -0.25) is 15.1 Å². The Bertz CT molecular complexity index is 943. The molecule has 0 amide bonds. The first-order valence-electron chi connectivity index (χ1n) is 8.08. The van der Waals surface area contributed by atoms with Gasteiger partial charge in [0.1, 0.15) is 0 Å². The molecule has 26 heavy (non-hydrogen) atoms. The molecule has 1 fully saturated rings. The third-order valence-corrected chi connectivity index (χ3v) is 6.07. The van der Waals surface area contributed by atoms with Gasteiger partial charge in [0.05, 0.1) is 16.4 Å². The smallest absolute Gasteiger partial charge is 0.278 e. The quantitative estimate of drug-likeness (QED) is 0.502. The van der Waals surface area contributed by atoms with Crippen molar-refractivity contribution in [2.24, 2.45) is 0 Å². The summed E-state index contributed by atoms with van der Waals surface area (Å²) in [6.45, 7) is 1.55. The topological polar surface area (TPSA) is 103 Å². The van der Waals surface area contributed by atoms with Crippen LogP contribution >= 0.6 is 23.1 Å². The van der Waals surface area contributed by atoms with Crippen LogP contribution in [-0.2, 0) is 4.74 Å². The highest BCUT2D eigenvalue weighted by Crippen LogP contribution is 2.38. The first-order chi connectivity index (χ1) is 12.7. The summed E-state index contributed by atoms with van der Waals surface area (Å²) in [5.74, 6) is 0. The SMILES string of the molecule is O=[N+]([O-])c1ccc(Sc2nnc(NCC3CCCO3)s2)c2ccncc12. The lowest BCUT2D eigenvalue weighted by atomic mass is 10.1. The van der Waals surface area contributed by atoms with Gasteiger partial charge in [-0.15, -0.1) is 10.2 Å². The number of nitrogens with one attached hydrogen (secondary N) is 1. The summed E-state index contributed by atoms with van der Waals surface area (Å²) in [4.78, 5) is 15.7. The number of pyridine rings is 1. The lowest BCUT2D eigenvalue weighted by Gasteiger charge is -2.08. The van der Waals surface area contributed by atoms with Crippen molar-refractivity contribution >= 4 is 44.7 Å². The number of ether oxygens (including phenoxy) is 1. The first-order valence-corrected chi connectivity index (χ1v) is 9.72. The number of non-ortho nitro benzene ring substituents is 1. The normalized spacial score (nSPS) is 16.8. The van der Waals surface area contributed by atoms with E-state index in [1.54, 1.807) is 18.3 Å². The van der Waals surface area contributed by atoms with Gasteiger partial charge in [0.2, 0.25) is 5.13 Å². The molecule has 1 unspecified atom stereocenters. The number of benzene rings is 1. The fourth-order valence-electron chi connectivity index (χ4n) is 2.82. The Kier molecular flexibility index (Phi) is 4.96. The van der Waals surface area contributed by atoms with Crippen molar-refractivity contribution in [1.29, 1.82) is 0 Å². The molecule has 134 valence electrons. The largest absolute Gasteiger partial charge is 0.376 e. The molecule has 1 aliphatic heterocycles. The highest BCUT2D eigenvalue weighted by Gasteiger charge is 2.18. The summed E-state index contributed by atoms with van der Waals surface area (Å²) in [5, 5.41) is 24.9. The molecule has 1 N–H and O–H groups in total. The van der Waals surface area contributed by atoms with Gasteiger partial charge in [-0.1, -0.05) is 23.1 Å². The van der Waals surface area contributed by atoms with Crippen molar-refractivity contribution in [3.8, 4) is 0 Å². The van der Waals surface area contributed by atoms with E-state index in [2.05, 4.69) is 20.5 Å². The van der Waals surface area contributed by atoms with Gasteiger partial charge in [-0.2, -0.15) is 0 Å². The van der Waals surface area contributed by atoms with Gasteiger partial charge in [0.15, 0.2) is 4.34 Å². The number of aromatic nitrogens is 3. The second-order valence-corrected chi connectivity index (χ2v) is 8.02. The molecular weight excluding hydrogens is 374 g/mol. The zero-order chi connectivity index (χ0) is 17.9. The van der Waals surface area contributed by atoms with E-state index in [0.29, 0.717) is 5.39 Å². The Labute approximate surface area is 157 Å². The zero-order valence-corrected chi connectivity index (χ0v) is 15.3. The number of rotatable bonds is 6. The predicted octanol–water partition coefficient (Wildman–Crippen LogP) is 3.74. The number of anilines is 1. The summed E-state index contributed by atoms with van der Waals surface area (Å²) in [5.41, 5.74) is 0.0497. The minimum atomic E-state index is -0.392. The molecule has 3 heterocycles. The highest BCUT2D eigenvalue weighted by molar-refractivity contribution is 8.01. The van der Waals surface area contributed by atoms with Gasteiger partial charge >= 0.3 is 0 Å². The fourth-order valence-corrected chi connectivity index (χ4v) is 4.67. The Balaban J connectivity index is 1.52. The van der Waals surface area contributed by atoms with Gasteiger partial charge in [0, 0.05) is 41.9 Å². The van der Waals surface area contributed by atoms with Crippen LogP contribution in [0.1, 0.15) is 12.8 Å². The maximum atomic E-state index is 11.2. The first kappa shape index (κ1) is 17.1. The molecule has 0 radical (unpaired) electrons. The summed E-state index contributed by atoms with van der Waals surface area (Å²) in [7, 11) is 0. The average molecular weight is 389 g/mol. The van der Waals surface area contributed by atoms with E-state index in [9.17, 15) is 10.1 Å². The summed E-state index contributed by atoms with van der Waals surface area (Å²) < 4.78 is 6.35. The molecular formula is C16H15N5O3S2. The number of hydrogen-bond donors (Lipinski definition) is 1. The van der Waals surface area contributed by atoms with E-state index in [-0.39, 0.29) is 11.8 Å². The Morgan fingerprint density at radius 2 is 2.27 bits per heavy atom. The van der Waals surface area contributed by atoms with Gasteiger partial charge in [0.25, 0.3) is 5.69 Å². The number of fused-ring (bicyclic) bond motifs is 1. The number of hydrogen-bond acceptors (Lipinski definition) is 9. The summed E-state index contributed by atoms with van der Waals surface area (Å²) in [6.07, 6.45) is 5.56. The van der Waals surface area contributed by atoms with E-state index >= 15 is 0 Å². The van der Waals surface area contributed by atoms with Crippen LogP contribution in [0.15, 0.2) is 39.8 Å². The van der Waals surface area contributed by atoms with E-state index in [4.69, 9.17) is 4.74 Å². The van der Waals surface area contributed by atoms with Crippen LogP contribution in [-0.4, -0.2) is 39.4 Å². The molecule has 0 spiro atoms. The maximum absolute atomic E-state index is 11.2.